The molecule has 1 aliphatic rings. The number of hydrogen-bond acceptors (Lipinski definition) is 5. The normalized spacial score (nSPS) is 18.4. The minimum atomic E-state index is -3.62. The number of amides is 1. The summed E-state index contributed by atoms with van der Waals surface area (Å²) in [6, 6.07) is 0. The van der Waals surface area contributed by atoms with E-state index in [1.54, 1.807) is 7.05 Å². The lowest BCUT2D eigenvalue weighted by molar-refractivity contribution is -0.126. The summed E-state index contributed by atoms with van der Waals surface area (Å²) >= 11 is 0. The van der Waals surface area contributed by atoms with Crippen molar-refractivity contribution in [1.29, 1.82) is 0 Å². The van der Waals surface area contributed by atoms with Crippen molar-refractivity contribution in [2.45, 2.75) is 45.1 Å². The van der Waals surface area contributed by atoms with Crippen LogP contribution >= 0.6 is 0 Å². The van der Waals surface area contributed by atoms with Crippen LogP contribution in [0.1, 0.15) is 29.8 Å². The summed E-state index contributed by atoms with van der Waals surface area (Å²) in [5.41, 5.74) is 3.25. The van der Waals surface area contributed by atoms with E-state index in [4.69, 9.17) is 0 Å². The number of nitrogens with one attached hydrogen (secondary N) is 1. The van der Waals surface area contributed by atoms with Crippen molar-refractivity contribution in [3.63, 3.8) is 0 Å². The van der Waals surface area contributed by atoms with Crippen molar-refractivity contribution in [3.05, 3.63) is 29.3 Å². The SMILES string of the molecule is Cc1nn(CCNC(=O)[C@H]2CCCN(S(=O)(=O)c3cnn(C)c3)C2)c(C)c1C. The molecule has 2 aromatic rings. The highest BCUT2D eigenvalue weighted by Gasteiger charge is 2.33. The number of carbonyl (C=O) groups is 1. The minimum absolute atomic E-state index is 0.107. The Hall–Kier alpha value is -2.20. The molecule has 0 bridgehead atoms. The lowest BCUT2D eigenvalue weighted by Gasteiger charge is -2.30. The summed E-state index contributed by atoms with van der Waals surface area (Å²) in [5, 5.41) is 11.3. The molecule has 0 spiro atoms. The summed E-state index contributed by atoms with van der Waals surface area (Å²) in [4.78, 5) is 12.7. The lowest BCUT2D eigenvalue weighted by atomic mass is 9.99. The van der Waals surface area contributed by atoms with Gasteiger partial charge in [-0.25, -0.2) is 8.42 Å². The van der Waals surface area contributed by atoms with E-state index >= 15 is 0 Å². The van der Waals surface area contributed by atoms with Crippen LogP contribution in [0.5, 0.6) is 0 Å². The first-order valence-electron chi connectivity index (χ1n) is 9.47. The number of aromatic nitrogens is 4. The molecule has 1 saturated heterocycles. The fraction of sp³-hybridized carbons (Fsp3) is 0.611. The maximum atomic E-state index is 12.8. The van der Waals surface area contributed by atoms with Crippen molar-refractivity contribution < 1.29 is 13.2 Å². The fourth-order valence-electron chi connectivity index (χ4n) is 3.49. The molecule has 0 saturated carbocycles. The largest absolute Gasteiger partial charge is 0.354 e. The van der Waals surface area contributed by atoms with Gasteiger partial charge in [0.05, 0.1) is 24.4 Å². The molecule has 154 valence electrons. The maximum absolute atomic E-state index is 12.8. The van der Waals surface area contributed by atoms with Crippen LogP contribution < -0.4 is 5.32 Å². The van der Waals surface area contributed by atoms with Crippen LogP contribution in [0.3, 0.4) is 0 Å². The Bertz CT molecular complexity index is 962. The molecule has 1 amide bonds. The number of sulfonamides is 1. The topological polar surface area (TPSA) is 102 Å². The van der Waals surface area contributed by atoms with E-state index in [0.717, 1.165) is 17.0 Å². The summed E-state index contributed by atoms with van der Waals surface area (Å²) in [6.07, 6.45) is 4.17. The highest BCUT2D eigenvalue weighted by atomic mass is 32.2. The van der Waals surface area contributed by atoms with Gasteiger partial charge in [0.25, 0.3) is 0 Å². The van der Waals surface area contributed by atoms with Crippen LogP contribution in [0.4, 0.5) is 0 Å². The number of piperidine rings is 1. The molecule has 2 aromatic heterocycles. The smallest absolute Gasteiger partial charge is 0.246 e. The highest BCUT2D eigenvalue weighted by molar-refractivity contribution is 7.89. The number of carbonyl (C=O) groups excluding carboxylic acids is 1. The Labute approximate surface area is 165 Å². The van der Waals surface area contributed by atoms with Gasteiger partial charge in [-0.15, -0.1) is 0 Å². The zero-order valence-corrected chi connectivity index (χ0v) is 17.7. The van der Waals surface area contributed by atoms with Gasteiger partial charge in [-0.2, -0.15) is 14.5 Å². The molecule has 1 atom stereocenters. The van der Waals surface area contributed by atoms with Crippen LogP contribution in [0, 0.1) is 26.7 Å². The number of aryl methyl sites for hydroxylation is 2. The molecule has 10 heteroatoms. The third-order valence-corrected chi connectivity index (χ3v) is 7.26. The molecule has 28 heavy (non-hydrogen) atoms. The molecular weight excluding hydrogens is 380 g/mol. The molecule has 0 radical (unpaired) electrons. The highest BCUT2D eigenvalue weighted by Crippen LogP contribution is 2.23. The second-order valence-corrected chi connectivity index (χ2v) is 9.30. The second kappa shape index (κ2) is 8.04. The minimum Gasteiger partial charge on any atom is -0.354 e. The van der Waals surface area contributed by atoms with Gasteiger partial charge in [-0.1, -0.05) is 0 Å². The molecule has 0 aromatic carbocycles. The van der Waals surface area contributed by atoms with E-state index in [0.29, 0.717) is 32.5 Å². The number of nitrogens with zero attached hydrogens (tertiary/aromatic N) is 5. The van der Waals surface area contributed by atoms with E-state index in [-0.39, 0.29) is 23.3 Å². The van der Waals surface area contributed by atoms with Gasteiger partial charge in [-0.05, 0) is 39.2 Å². The van der Waals surface area contributed by atoms with Gasteiger partial charge < -0.3 is 5.32 Å². The third-order valence-electron chi connectivity index (χ3n) is 5.44. The van der Waals surface area contributed by atoms with Crippen LogP contribution in [0.15, 0.2) is 17.3 Å². The summed E-state index contributed by atoms with van der Waals surface area (Å²) in [6.45, 7) is 7.69. The lowest BCUT2D eigenvalue weighted by Crippen LogP contribution is -2.45. The molecule has 1 N–H and O–H groups in total. The first-order valence-corrected chi connectivity index (χ1v) is 10.9. The van der Waals surface area contributed by atoms with Gasteiger partial charge >= 0.3 is 0 Å². The van der Waals surface area contributed by atoms with E-state index in [9.17, 15) is 13.2 Å². The Kier molecular flexibility index (Phi) is 5.90. The van der Waals surface area contributed by atoms with Crippen LogP contribution in [-0.4, -0.2) is 57.8 Å². The Morgan fingerprint density at radius 3 is 2.68 bits per heavy atom. The van der Waals surface area contributed by atoms with Crippen molar-refractivity contribution in [2.75, 3.05) is 19.6 Å². The van der Waals surface area contributed by atoms with Crippen molar-refractivity contribution in [2.24, 2.45) is 13.0 Å². The molecule has 3 rings (SSSR count). The maximum Gasteiger partial charge on any atom is 0.246 e. The average molecular weight is 409 g/mol. The fourth-order valence-corrected chi connectivity index (χ4v) is 5.00. The Morgan fingerprint density at radius 2 is 2.07 bits per heavy atom. The van der Waals surface area contributed by atoms with Crippen LogP contribution in [-0.2, 0) is 28.4 Å². The Balaban J connectivity index is 1.57. The van der Waals surface area contributed by atoms with Crippen LogP contribution in [0.2, 0.25) is 0 Å². The second-order valence-electron chi connectivity index (χ2n) is 7.36. The average Bonchev–Trinajstić information content (AvgIpc) is 3.21. The first-order chi connectivity index (χ1) is 13.2. The number of hydrogen-bond donors (Lipinski definition) is 1. The van der Waals surface area contributed by atoms with E-state index in [2.05, 4.69) is 15.5 Å². The van der Waals surface area contributed by atoms with E-state index in [1.807, 2.05) is 25.5 Å². The molecule has 3 heterocycles. The quantitative estimate of drug-likeness (QED) is 0.760. The standard InChI is InChI=1S/C18H28N6O3S/c1-13-14(2)21-24(15(13)3)9-7-19-18(25)16-6-5-8-23(11-16)28(26,27)17-10-20-22(4)12-17/h10,12,16H,5-9,11H2,1-4H3,(H,19,25)/t16-/m0/s1. The van der Waals surface area contributed by atoms with Crippen molar-refractivity contribution >= 4 is 15.9 Å². The molecule has 0 unspecified atom stereocenters. The first kappa shape index (κ1) is 20.5. The van der Waals surface area contributed by atoms with Gasteiger partial charge in [0, 0.05) is 38.6 Å². The third kappa shape index (κ3) is 4.12. The number of rotatable bonds is 6. The molecular formula is C18H28N6O3S. The van der Waals surface area contributed by atoms with Gasteiger partial charge in [0.1, 0.15) is 4.90 Å². The molecule has 1 aliphatic heterocycles. The van der Waals surface area contributed by atoms with Crippen molar-refractivity contribution in [3.8, 4) is 0 Å². The summed E-state index contributed by atoms with van der Waals surface area (Å²) in [7, 11) is -1.95. The molecule has 0 aliphatic carbocycles. The monoisotopic (exact) mass is 408 g/mol. The van der Waals surface area contributed by atoms with E-state index < -0.39 is 10.0 Å². The van der Waals surface area contributed by atoms with Crippen molar-refractivity contribution in [1.82, 2.24) is 29.2 Å². The predicted molar refractivity (Wildman–Crippen MR) is 104 cm³/mol. The van der Waals surface area contributed by atoms with Gasteiger partial charge in [0.15, 0.2) is 0 Å². The van der Waals surface area contributed by atoms with Gasteiger partial charge in [-0.3, -0.25) is 14.2 Å². The Morgan fingerprint density at radius 1 is 1.32 bits per heavy atom. The van der Waals surface area contributed by atoms with Crippen LogP contribution in [0.25, 0.3) is 0 Å². The van der Waals surface area contributed by atoms with Gasteiger partial charge in [0.2, 0.25) is 15.9 Å². The zero-order valence-electron chi connectivity index (χ0n) is 16.8. The summed E-state index contributed by atoms with van der Waals surface area (Å²) in [5.74, 6) is -0.452. The summed E-state index contributed by atoms with van der Waals surface area (Å²) < 4.78 is 30.3. The molecule has 9 nitrogen and oxygen atoms in total. The van der Waals surface area contributed by atoms with E-state index in [1.165, 1.54) is 21.4 Å². The zero-order chi connectivity index (χ0) is 20.5. The predicted octanol–water partition coefficient (Wildman–Crippen LogP) is 0.759. The molecule has 1 fully saturated rings.